The number of hydrogen-bond donors (Lipinski definition) is 1. The van der Waals surface area contributed by atoms with E-state index in [0.717, 1.165) is 26.1 Å². The van der Waals surface area contributed by atoms with Crippen molar-refractivity contribution in [3.63, 3.8) is 0 Å². The maximum atomic E-state index is 5.79. The Labute approximate surface area is 119 Å². The van der Waals surface area contributed by atoms with Gasteiger partial charge in [-0.15, -0.1) is 0 Å². The zero-order valence-corrected chi connectivity index (χ0v) is 13.5. The Bertz CT molecular complexity index is 398. The zero-order chi connectivity index (χ0) is 14.6. The van der Waals surface area contributed by atoms with Crippen molar-refractivity contribution in [1.82, 2.24) is 4.90 Å². The van der Waals surface area contributed by atoms with E-state index in [-0.39, 0.29) is 5.41 Å². The lowest BCUT2D eigenvalue weighted by molar-refractivity contribution is 0.248. The summed E-state index contributed by atoms with van der Waals surface area (Å²) in [6.45, 7) is 13.9. The van der Waals surface area contributed by atoms with Crippen molar-refractivity contribution in [3.05, 3.63) is 34.4 Å². The minimum absolute atomic E-state index is 0.242. The number of aryl methyl sites for hydroxylation is 3. The second kappa shape index (κ2) is 6.53. The van der Waals surface area contributed by atoms with Gasteiger partial charge < -0.3 is 10.6 Å². The van der Waals surface area contributed by atoms with E-state index in [1.807, 2.05) is 0 Å². The second-order valence-corrected chi connectivity index (χ2v) is 6.73. The lowest BCUT2D eigenvalue weighted by Gasteiger charge is -2.27. The average Bonchev–Trinajstić information content (AvgIpc) is 2.31. The molecule has 1 aromatic carbocycles. The molecule has 0 saturated heterocycles. The van der Waals surface area contributed by atoms with Gasteiger partial charge in [0.05, 0.1) is 0 Å². The monoisotopic (exact) mass is 262 g/mol. The van der Waals surface area contributed by atoms with Crippen LogP contribution < -0.4 is 5.73 Å². The van der Waals surface area contributed by atoms with Crippen LogP contribution in [0.2, 0.25) is 0 Å². The smallest absolute Gasteiger partial charge is 0.0235 e. The van der Waals surface area contributed by atoms with E-state index in [1.54, 1.807) is 0 Å². The molecule has 0 unspecified atom stereocenters. The van der Waals surface area contributed by atoms with E-state index < -0.39 is 0 Å². The van der Waals surface area contributed by atoms with Crippen molar-refractivity contribution in [2.75, 3.05) is 20.1 Å². The first kappa shape index (κ1) is 16.2. The average molecular weight is 262 g/mol. The highest BCUT2D eigenvalue weighted by Gasteiger charge is 2.16. The molecule has 0 aliphatic heterocycles. The highest BCUT2D eigenvalue weighted by Crippen LogP contribution is 2.21. The fourth-order valence-electron chi connectivity index (χ4n) is 2.40. The van der Waals surface area contributed by atoms with Crippen molar-refractivity contribution in [1.29, 1.82) is 0 Å². The summed E-state index contributed by atoms with van der Waals surface area (Å²) < 4.78 is 0. The number of rotatable bonds is 6. The van der Waals surface area contributed by atoms with E-state index in [4.69, 9.17) is 5.73 Å². The number of benzene rings is 1. The highest BCUT2D eigenvalue weighted by atomic mass is 15.1. The molecule has 0 aromatic heterocycles. The minimum atomic E-state index is 0.242. The molecular formula is C17H30N2. The Morgan fingerprint density at radius 1 is 1.11 bits per heavy atom. The lowest BCUT2D eigenvalue weighted by Crippen LogP contribution is -2.30. The fourth-order valence-corrected chi connectivity index (χ4v) is 2.40. The molecule has 1 rings (SSSR count). The predicted octanol–water partition coefficient (Wildman–Crippen LogP) is 3.42. The van der Waals surface area contributed by atoms with E-state index in [9.17, 15) is 0 Å². The largest absolute Gasteiger partial charge is 0.330 e. The molecule has 2 N–H and O–H groups in total. The Balaban J connectivity index is 2.65. The van der Waals surface area contributed by atoms with Gasteiger partial charge >= 0.3 is 0 Å². The maximum Gasteiger partial charge on any atom is 0.0235 e. The standard InChI is InChI=1S/C17H30N2/c1-13-9-14(2)16(15(3)10-13)11-19(6)8-7-17(4,5)12-18/h9-10H,7-8,11-12,18H2,1-6H3. The molecule has 0 saturated carbocycles. The van der Waals surface area contributed by atoms with Crippen molar-refractivity contribution in [2.24, 2.45) is 11.1 Å². The van der Waals surface area contributed by atoms with E-state index >= 15 is 0 Å². The van der Waals surface area contributed by atoms with Gasteiger partial charge in [-0.2, -0.15) is 0 Å². The van der Waals surface area contributed by atoms with Crippen LogP contribution in [0.5, 0.6) is 0 Å². The summed E-state index contributed by atoms with van der Waals surface area (Å²) in [6, 6.07) is 4.56. The highest BCUT2D eigenvalue weighted by molar-refractivity contribution is 5.37. The van der Waals surface area contributed by atoms with Gasteiger partial charge in [0.25, 0.3) is 0 Å². The third-order valence-corrected chi connectivity index (χ3v) is 3.99. The molecule has 0 fully saturated rings. The molecular weight excluding hydrogens is 232 g/mol. The number of hydrogen-bond acceptors (Lipinski definition) is 2. The van der Waals surface area contributed by atoms with Gasteiger partial charge in [0.1, 0.15) is 0 Å². The third-order valence-electron chi connectivity index (χ3n) is 3.99. The predicted molar refractivity (Wildman–Crippen MR) is 84.4 cm³/mol. The van der Waals surface area contributed by atoms with Gasteiger partial charge in [0.2, 0.25) is 0 Å². The molecule has 1 aromatic rings. The molecule has 2 nitrogen and oxygen atoms in total. The summed E-state index contributed by atoms with van der Waals surface area (Å²) in [5.41, 5.74) is 11.7. The summed E-state index contributed by atoms with van der Waals surface area (Å²) in [5.74, 6) is 0. The topological polar surface area (TPSA) is 29.3 Å². The van der Waals surface area contributed by atoms with Crippen molar-refractivity contribution in [2.45, 2.75) is 47.6 Å². The molecule has 0 radical (unpaired) electrons. The van der Waals surface area contributed by atoms with Gasteiger partial charge in [-0.3, -0.25) is 0 Å². The van der Waals surface area contributed by atoms with Gasteiger partial charge in [-0.25, -0.2) is 0 Å². The summed E-state index contributed by atoms with van der Waals surface area (Å²) in [7, 11) is 2.20. The lowest BCUT2D eigenvalue weighted by atomic mass is 9.89. The summed E-state index contributed by atoms with van der Waals surface area (Å²) in [4.78, 5) is 2.40. The van der Waals surface area contributed by atoms with Crippen molar-refractivity contribution >= 4 is 0 Å². The molecule has 0 atom stereocenters. The summed E-state index contributed by atoms with van der Waals surface area (Å²) >= 11 is 0. The van der Waals surface area contributed by atoms with Crippen LogP contribution in [0.1, 0.15) is 42.5 Å². The molecule has 0 amide bonds. The molecule has 108 valence electrons. The first-order chi connectivity index (χ1) is 8.75. The SMILES string of the molecule is Cc1cc(C)c(CN(C)CCC(C)(C)CN)c(C)c1. The van der Waals surface area contributed by atoms with Gasteiger partial charge in [-0.1, -0.05) is 31.5 Å². The fraction of sp³-hybridized carbons (Fsp3) is 0.647. The van der Waals surface area contributed by atoms with Crippen LogP contribution in [0, 0.1) is 26.2 Å². The van der Waals surface area contributed by atoms with Crippen LogP contribution in [-0.4, -0.2) is 25.0 Å². The van der Waals surface area contributed by atoms with Crippen LogP contribution in [0.15, 0.2) is 12.1 Å². The van der Waals surface area contributed by atoms with Gasteiger partial charge in [0, 0.05) is 6.54 Å². The van der Waals surface area contributed by atoms with Crippen LogP contribution in [-0.2, 0) is 6.54 Å². The maximum absolute atomic E-state index is 5.79. The van der Waals surface area contributed by atoms with E-state index in [1.165, 1.54) is 22.3 Å². The Morgan fingerprint density at radius 2 is 1.63 bits per heavy atom. The van der Waals surface area contributed by atoms with Gasteiger partial charge in [0.15, 0.2) is 0 Å². The summed E-state index contributed by atoms with van der Waals surface area (Å²) in [5, 5.41) is 0. The summed E-state index contributed by atoms with van der Waals surface area (Å²) in [6.07, 6.45) is 1.14. The second-order valence-electron chi connectivity index (χ2n) is 6.73. The van der Waals surface area contributed by atoms with Crippen molar-refractivity contribution in [3.8, 4) is 0 Å². The molecule has 19 heavy (non-hydrogen) atoms. The molecule has 0 heterocycles. The van der Waals surface area contributed by atoms with Crippen LogP contribution >= 0.6 is 0 Å². The Hall–Kier alpha value is -0.860. The van der Waals surface area contributed by atoms with E-state index in [0.29, 0.717) is 0 Å². The number of nitrogens with zero attached hydrogens (tertiary/aromatic N) is 1. The van der Waals surface area contributed by atoms with Gasteiger partial charge in [-0.05, 0) is 69.4 Å². The molecule has 0 spiro atoms. The van der Waals surface area contributed by atoms with Crippen molar-refractivity contribution < 1.29 is 0 Å². The quantitative estimate of drug-likeness (QED) is 0.851. The Morgan fingerprint density at radius 3 is 2.11 bits per heavy atom. The molecule has 2 heteroatoms. The van der Waals surface area contributed by atoms with Crippen LogP contribution in [0.3, 0.4) is 0 Å². The first-order valence-corrected chi connectivity index (χ1v) is 7.20. The Kier molecular flexibility index (Phi) is 5.57. The van der Waals surface area contributed by atoms with E-state index in [2.05, 4.69) is 58.7 Å². The van der Waals surface area contributed by atoms with Crippen LogP contribution in [0.4, 0.5) is 0 Å². The molecule has 0 aliphatic rings. The third kappa shape index (κ3) is 4.96. The molecule has 0 bridgehead atoms. The number of nitrogens with two attached hydrogens (primary N) is 1. The zero-order valence-electron chi connectivity index (χ0n) is 13.5. The normalized spacial score (nSPS) is 12.2. The first-order valence-electron chi connectivity index (χ1n) is 7.20. The molecule has 0 aliphatic carbocycles. The minimum Gasteiger partial charge on any atom is -0.330 e. The van der Waals surface area contributed by atoms with Crippen LogP contribution in [0.25, 0.3) is 0 Å².